The third-order valence-corrected chi connectivity index (χ3v) is 2.81. The third-order valence-electron chi connectivity index (χ3n) is 2.81. The van der Waals surface area contributed by atoms with Crippen LogP contribution in [0.3, 0.4) is 0 Å². The Morgan fingerprint density at radius 2 is 1.94 bits per heavy atom. The average molecular weight is 234 g/mol. The average Bonchev–Trinajstić information content (AvgIpc) is 2.36. The van der Waals surface area contributed by atoms with Crippen LogP contribution >= 0.6 is 0 Å². The van der Waals surface area contributed by atoms with Crippen molar-refractivity contribution in [1.29, 1.82) is 0 Å². The van der Waals surface area contributed by atoms with Crippen molar-refractivity contribution in [2.75, 3.05) is 27.2 Å². The Labute approximate surface area is 104 Å². The van der Waals surface area contributed by atoms with Gasteiger partial charge in [-0.3, -0.25) is 4.79 Å². The Kier molecular flexibility index (Phi) is 6.33. The minimum Gasteiger partial charge on any atom is -0.345 e. The fourth-order valence-electron chi connectivity index (χ4n) is 1.73. The number of amides is 1. The molecule has 0 saturated carbocycles. The van der Waals surface area contributed by atoms with Crippen LogP contribution in [-0.4, -0.2) is 38.0 Å². The van der Waals surface area contributed by atoms with E-state index >= 15 is 0 Å². The maximum absolute atomic E-state index is 11.5. The van der Waals surface area contributed by atoms with Gasteiger partial charge in [0.05, 0.1) is 6.54 Å². The van der Waals surface area contributed by atoms with Crippen molar-refractivity contribution in [1.82, 2.24) is 10.2 Å². The van der Waals surface area contributed by atoms with E-state index in [-0.39, 0.29) is 5.91 Å². The summed E-state index contributed by atoms with van der Waals surface area (Å²) in [5.74, 6) is 0.159. The molecule has 0 unspecified atom stereocenters. The number of hydrogen-bond acceptors (Lipinski definition) is 2. The van der Waals surface area contributed by atoms with Crippen LogP contribution in [0.5, 0.6) is 0 Å². The van der Waals surface area contributed by atoms with E-state index in [0.717, 1.165) is 25.8 Å². The maximum atomic E-state index is 11.5. The SMILES string of the molecule is CNCC(=O)N(C)CCCCc1ccccc1. The molecule has 0 aromatic heterocycles. The molecule has 0 radical (unpaired) electrons. The first kappa shape index (κ1) is 13.7. The smallest absolute Gasteiger partial charge is 0.236 e. The molecule has 0 fully saturated rings. The normalized spacial score (nSPS) is 10.2. The van der Waals surface area contributed by atoms with Crippen molar-refractivity contribution in [2.24, 2.45) is 0 Å². The fraction of sp³-hybridized carbons (Fsp3) is 0.500. The lowest BCUT2D eigenvalue weighted by Crippen LogP contribution is -2.34. The first-order valence-electron chi connectivity index (χ1n) is 6.16. The predicted molar refractivity (Wildman–Crippen MR) is 70.9 cm³/mol. The first-order chi connectivity index (χ1) is 8.24. The summed E-state index contributed by atoms with van der Waals surface area (Å²) in [6, 6.07) is 10.5. The molecule has 17 heavy (non-hydrogen) atoms. The highest BCUT2D eigenvalue weighted by atomic mass is 16.2. The van der Waals surface area contributed by atoms with Gasteiger partial charge in [0.1, 0.15) is 0 Å². The van der Waals surface area contributed by atoms with Gasteiger partial charge in [-0.1, -0.05) is 30.3 Å². The van der Waals surface area contributed by atoms with E-state index < -0.39 is 0 Å². The molecule has 94 valence electrons. The van der Waals surface area contributed by atoms with E-state index in [1.54, 1.807) is 11.9 Å². The number of aryl methyl sites for hydroxylation is 1. The summed E-state index contributed by atoms with van der Waals surface area (Å²) in [7, 11) is 3.66. The lowest BCUT2D eigenvalue weighted by molar-refractivity contribution is -0.128. The number of hydrogen-bond donors (Lipinski definition) is 1. The lowest BCUT2D eigenvalue weighted by Gasteiger charge is -2.16. The Hall–Kier alpha value is -1.35. The van der Waals surface area contributed by atoms with Gasteiger partial charge in [0.25, 0.3) is 0 Å². The number of likely N-dealkylation sites (N-methyl/N-ethyl adjacent to an activating group) is 2. The molecule has 0 heterocycles. The zero-order valence-corrected chi connectivity index (χ0v) is 10.8. The Morgan fingerprint density at radius 1 is 1.24 bits per heavy atom. The van der Waals surface area contributed by atoms with Crippen molar-refractivity contribution in [3.63, 3.8) is 0 Å². The number of nitrogens with zero attached hydrogens (tertiary/aromatic N) is 1. The van der Waals surface area contributed by atoms with Crippen LogP contribution < -0.4 is 5.32 Å². The predicted octanol–water partition coefficient (Wildman–Crippen LogP) is 1.69. The number of rotatable bonds is 7. The summed E-state index contributed by atoms with van der Waals surface area (Å²) in [6.45, 7) is 1.27. The van der Waals surface area contributed by atoms with E-state index in [1.165, 1.54) is 5.56 Å². The molecule has 0 aliphatic rings. The Morgan fingerprint density at radius 3 is 2.59 bits per heavy atom. The van der Waals surface area contributed by atoms with E-state index in [2.05, 4.69) is 29.6 Å². The zero-order chi connectivity index (χ0) is 12.5. The second-order valence-corrected chi connectivity index (χ2v) is 4.29. The van der Waals surface area contributed by atoms with E-state index in [4.69, 9.17) is 0 Å². The van der Waals surface area contributed by atoms with Crippen molar-refractivity contribution in [2.45, 2.75) is 19.3 Å². The molecule has 3 heteroatoms. The highest BCUT2D eigenvalue weighted by Gasteiger charge is 2.05. The summed E-state index contributed by atoms with van der Waals surface area (Å²) in [6.07, 6.45) is 3.27. The minimum absolute atomic E-state index is 0.159. The van der Waals surface area contributed by atoms with Crippen LogP contribution in [0.15, 0.2) is 30.3 Å². The summed E-state index contributed by atoms with van der Waals surface area (Å²) in [4.78, 5) is 13.3. The zero-order valence-electron chi connectivity index (χ0n) is 10.8. The molecule has 3 nitrogen and oxygen atoms in total. The Bertz CT molecular complexity index is 324. The molecule has 0 bridgehead atoms. The fourth-order valence-corrected chi connectivity index (χ4v) is 1.73. The van der Waals surface area contributed by atoms with Crippen molar-refractivity contribution < 1.29 is 4.79 Å². The quantitative estimate of drug-likeness (QED) is 0.728. The van der Waals surface area contributed by atoms with Gasteiger partial charge in [-0.05, 0) is 31.9 Å². The van der Waals surface area contributed by atoms with Crippen LogP contribution in [0.25, 0.3) is 0 Å². The molecule has 1 rings (SSSR count). The van der Waals surface area contributed by atoms with Gasteiger partial charge in [-0.15, -0.1) is 0 Å². The molecule has 0 aliphatic carbocycles. The van der Waals surface area contributed by atoms with Crippen molar-refractivity contribution in [3.8, 4) is 0 Å². The van der Waals surface area contributed by atoms with E-state index in [1.807, 2.05) is 13.1 Å². The van der Waals surface area contributed by atoms with Crippen molar-refractivity contribution >= 4 is 5.91 Å². The van der Waals surface area contributed by atoms with E-state index in [9.17, 15) is 4.79 Å². The highest BCUT2D eigenvalue weighted by molar-refractivity contribution is 5.77. The number of carbonyl (C=O) groups is 1. The van der Waals surface area contributed by atoms with Crippen LogP contribution in [-0.2, 0) is 11.2 Å². The molecule has 0 aliphatic heterocycles. The van der Waals surface area contributed by atoms with Gasteiger partial charge >= 0.3 is 0 Å². The van der Waals surface area contributed by atoms with Gasteiger partial charge in [-0.2, -0.15) is 0 Å². The van der Waals surface area contributed by atoms with Gasteiger partial charge in [-0.25, -0.2) is 0 Å². The Balaban J connectivity index is 2.14. The summed E-state index contributed by atoms with van der Waals surface area (Å²) in [5, 5.41) is 2.87. The maximum Gasteiger partial charge on any atom is 0.236 e. The summed E-state index contributed by atoms with van der Waals surface area (Å²) < 4.78 is 0. The van der Waals surface area contributed by atoms with Crippen LogP contribution in [0.4, 0.5) is 0 Å². The van der Waals surface area contributed by atoms with Crippen LogP contribution in [0.1, 0.15) is 18.4 Å². The third kappa shape index (κ3) is 5.50. The molecule has 1 aromatic rings. The summed E-state index contributed by atoms with van der Waals surface area (Å²) >= 11 is 0. The number of unbranched alkanes of at least 4 members (excludes halogenated alkanes) is 1. The largest absolute Gasteiger partial charge is 0.345 e. The number of nitrogens with one attached hydrogen (secondary N) is 1. The standard InChI is InChI=1S/C14H22N2O/c1-15-12-14(17)16(2)11-7-6-10-13-8-4-3-5-9-13/h3-5,8-9,15H,6-7,10-12H2,1-2H3. The number of benzene rings is 1. The molecule has 1 aromatic carbocycles. The topological polar surface area (TPSA) is 32.3 Å². The molecular weight excluding hydrogens is 212 g/mol. The minimum atomic E-state index is 0.159. The monoisotopic (exact) mass is 234 g/mol. The van der Waals surface area contributed by atoms with E-state index in [0.29, 0.717) is 6.54 Å². The van der Waals surface area contributed by atoms with Gasteiger partial charge in [0, 0.05) is 13.6 Å². The van der Waals surface area contributed by atoms with Gasteiger partial charge in [0.2, 0.25) is 5.91 Å². The highest BCUT2D eigenvalue weighted by Crippen LogP contribution is 2.04. The summed E-state index contributed by atoms with van der Waals surface area (Å²) in [5.41, 5.74) is 1.37. The van der Waals surface area contributed by atoms with Crippen molar-refractivity contribution in [3.05, 3.63) is 35.9 Å². The van der Waals surface area contributed by atoms with Crippen LogP contribution in [0, 0.1) is 0 Å². The van der Waals surface area contributed by atoms with Crippen LogP contribution in [0.2, 0.25) is 0 Å². The second-order valence-electron chi connectivity index (χ2n) is 4.29. The molecule has 0 atom stereocenters. The van der Waals surface area contributed by atoms with Gasteiger partial charge in [0.15, 0.2) is 0 Å². The lowest BCUT2D eigenvalue weighted by atomic mass is 10.1. The first-order valence-corrected chi connectivity index (χ1v) is 6.16. The van der Waals surface area contributed by atoms with Gasteiger partial charge < -0.3 is 10.2 Å². The number of carbonyl (C=O) groups excluding carboxylic acids is 1. The molecule has 0 saturated heterocycles. The molecular formula is C14H22N2O. The molecule has 1 amide bonds. The second kappa shape index (κ2) is 7.85. The molecule has 0 spiro atoms. The molecule has 1 N–H and O–H groups in total.